The molecule has 0 saturated carbocycles. The first-order chi connectivity index (χ1) is 13.3. The van der Waals surface area contributed by atoms with Gasteiger partial charge in [0, 0.05) is 19.6 Å². The maximum atomic E-state index is 13.3. The number of carbonyl (C=O) groups excluding carboxylic acids is 2. The third-order valence-electron chi connectivity index (χ3n) is 4.56. The molecule has 0 bridgehead atoms. The largest absolute Gasteiger partial charge is 0.467 e. The summed E-state index contributed by atoms with van der Waals surface area (Å²) in [4.78, 5) is 26.1. The van der Waals surface area contributed by atoms with Crippen molar-refractivity contribution in [2.75, 3.05) is 13.1 Å². The molecule has 0 unspecified atom stereocenters. The molecule has 1 aliphatic heterocycles. The number of benzene rings is 1. The Balaban J connectivity index is 1.69. The van der Waals surface area contributed by atoms with Gasteiger partial charge < -0.3 is 15.1 Å². The molecule has 1 saturated heterocycles. The number of alkyl halides is 3. The molecule has 1 aromatic heterocycles. The summed E-state index contributed by atoms with van der Waals surface area (Å²) in [5.74, 6) is -0.186. The van der Waals surface area contributed by atoms with Gasteiger partial charge in [-0.15, -0.1) is 0 Å². The van der Waals surface area contributed by atoms with Gasteiger partial charge >= 0.3 is 6.18 Å². The Morgan fingerprint density at radius 3 is 2.75 bits per heavy atom. The molecule has 3 rings (SSSR count). The molecular weight excluding hydrogens is 375 g/mol. The molecule has 1 aliphatic rings. The van der Waals surface area contributed by atoms with E-state index in [4.69, 9.17) is 4.42 Å². The van der Waals surface area contributed by atoms with Crippen LogP contribution in [-0.4, -0.2) is 35.8 Å². The summed E-state index contributed by atoms with van der Waals surface area (Å²) in [7, 11) is 0. The zero-order chi connectivity index (χ0) is 20.1. The fraction of sp³-hybridized carbons (Fsp3) is 0.368. The Morgan fingerprint density at radius 2 is 2.04 bits per heavy atom. The van der Waals surface area contributed by atoms with Crippen LogP contribution in [0.2, 0.25) is 0 Å². The van der Waals surface area contributed by atoms with Gasteiger partial charge in [-0.05, 0) is 23.8 Å². The number of nitrogens with zero attached hydrogens (tertiary/aromatic N) is 1. The average Bonchev–Trinajstić information content (AvgIpc) is 3.16. The van der Waals surface area contributed by atoms with Crippen LogP contribution < -0.4 is 10.6 Å². The highest BCUT2D eigenvalue weighted by molar-refractivity contribution is 5.88. The van der Waals surface area contributed by atoms with E-state index in [9.17, 15) is 22.8 Å². The van der Waals surface area contributed by atoms with Crippen molar-refractivity contribution in [3.63, 3.8) is 0 Å². The van der Waals surface area contributed by atoms with Crippen LogP contribution in [0, 0.1) is 0 Å². The Hall–Kier alpha value is -2.81. The lowest BCUT2D eigenvalue weighted by Gasteiger charge is -2.35. The van der Waals surface area contributed by atoms with E-state index in [1.54, 1.807) is 17.0 Å². The second kappa shape index (κ2) is 8.47. The normalized spacial score (nSPS) is 18.0. The Kier molecular flexibility index (Phi) is 6.03. The van der Waals surface area contributed by atoms with Crippen molar-refractivity contribution in [3.05, 3.63) is 59.5 Å². The van der Waals surface area contributed by atoms with Gasteiger partial charge in [0.05, 0.1) is 30.8 Å². The van der Waals surface area contributed by atoms with Gasteiger partial charge in [-0.2, -0.15) is 13.2 Å². The minimum Gasteiger partial charge on any atom is -0.467 e. The molecule has 2 N–H and O–H groups in total. The van der Waals surface area contributed by atoms with E-state index in [2.05, 4.69) is 10.6 Å². The Morgan fingerprint density at radius 1 is 1.25 bits per heavy atom. The molecule has 0 radical (unpaired) electrons. The number of hydrogen-bond acceptors (Lipinski definition) is 4. The number of amides is 2. The minimum atomic E-state index is -4.48. The van der Waals surface area contributed by atoms with Crippen molar-refractivity contribution in [3.8, 4) is 0 Å². The number of furan rings is 1. The fourth-order valence-electron chi connectivity index (χ4n) is 3.17. The Bertz CT molecular complexity index is 821. The third-order valence-corrected chi connectivity index (χ3v) is 4.56. The van der Waals surface area contributed by atoms with Crippen LogP contribution in [0.1, 0.15) is 23.3 Å². The molecule has 1 aromatic carbocycles. The highest BCUT2D eigenvalue weighted by Crippen LogP contribution is 2.32. The zero-order valence-electron chi connectivity index (χ0n) is 15.0. The maximum absolute atomic E-state index is 13.3. The number of halogens is 3. The maximum Gasteiger partial charge on any atom is 0.416 e. The van der Waals surface area contributed by atoms with Crippen molar-refractivity contribution in [2.45, 2.75) is 31.7 Å². The van der Waals surface area contributed by atoms with E-state index >= 15 is 0 Å². The monoisotopic (exact) mass is 395 g/mol. The predicted octanol–water partition coefficient (Wildman–Crippen LogP) is 2.31. The first-order valence-electron chi connectivity index (χ1n) is 8.80. The van der Waals surface area contributed by atoms with E-state index < -0.39 is 17.8 Å². The molecule has 2 heterocycles. The molecule has 2 aromatic rings. The molecule has 1 atom stereocenters. The number of nitrogens with one attached hydrogen (secondary N) is 2. The van der Waals surface area contributed by atoms with E-state index in [0.717, 1.165) is 6.07 Å². The van der Waals surface area contributed by atoms with Crippen LogP contribution in [0.25, 0.3) is 0 Å². The summed E-state index contributed by atoms with van der Waals surface area (Å²) >= 11 is 0. The lowest BCUT2D eigenvalue weighted by atomic mass is 10.0. The van der Waals surface area contributed by atoms with Gasteiger partial charge in [0.1, 0.15) is 5.76 Å². The van der Waals surface area contributed by atoms with Crippen LogP contribution in [0.5, 0.6) is 0 Å². The molecule has 28 heavy (non-hydrogen) atoms. The molecule has 0 spiro atoms. The van der Waals surface area contributed by atoms with Crippen LogP contribution >= 0.6 is 0 Å². The van der Waals surface area contributed by atoms with Gasteiger partial charge in [-0.25, -0.2) is 0 Å². The van der Waals surface area contributed by atoms with Gasteiger partial charge in [-0.3, -0.25) is 14.5 Å². The molecule has 0 aliphatic carbocycles. The van der Waals surface area contributed by atoms with E-state index in [1.165, 1.54) is 24.5 Å². The number of piperazine rings is 1. The number of rotatable bonds is 6. The molecular formula is C19H20F3N3O3. The third kappa shape index (κ3) is 4.92. The lowest BCUT2D eigenvalue weighted by molar-refractivity contribution is -0.139. The standard InChI is InChI=1S/C19H20F3N3O3/c20-19(21,22)15-6-2-1-4-13(15)12-25-8-7-23-18(27)16(25)10-17(26)24-11-14-5-3-9-28-14/h1-6,9,16H,7-8,10-12H2,(H,23,27)(H,24,26)/t16-/m1/s1. The smallest absolute Gasteiger partial charge is 0.416 e. The van der Waals surface area contributed by atoms with Crippen molar-refractivity contribution in [1.29, 1.82) is 0 Å². The van der Waals surface area contributed by atoms with E-state index in [0.29, 0.717) is 18.8 Å². The van der Waals surface area contributed by atoms with Crippen molar-refractivity contribution in [2.24, 2.45) is 0 Å². The predicted molar refractivity (Wildman–Crippen MR) is 93.8 cm³/mol. The van der Waals surface area contributed by atoms with Crippen LogP contribution in [0.4, 0.5) is 13.2 Å². The second-order valence-corrected chi connectivity index (χ2v) is 6.49. The lowest BCUT2D eigenvalue weighted by Crippen LogP contribution is -2.56. The SMILES string of the molecule is O=C(C[C@@H]1C(=O)NCCN1Cc1ccccc1C(F)(F)F)NCc1ccco1. The van der Waals surface area contributed by atoms with Gasteiger partial charge in [0.25, 0.3) is 0 Å². The van der Waals surface area contributed by atoms with Crippen molar-refractivity contribution >= 4 is 11.8 Å². The van der Waals surface area contributed by atoms with Gasteiger partial charge in [-0.1, -0.05) is 18.2 Å². The fourth-order valence-corrected chi connectivity index (χ4v) is 3.17. The quantitative estimate of drug-likeness (QED) is 0.787. The highest BCUT2D eigenvalue weighted by atomic mass is 19.4. The molecule has 150 valence electrons. The average molecular weight is 395 g/mol. The first-order valence-corrected chi connectivity index (χ1v) is 8.80. The van der Waals surface area contributed by atoms with Crippen LogP contribution in [0.3, 0.4) is 0 Å². The highest BCUT2D eigenvalue weighted by Gasteiger charge is 2.36. The summed E-state index contributed by atoms with van der Waals surface area (Å²) in [6.45, 7) is 0.780. The van der Waals surface area contributed by atoms with E-state index in [-0.39, 0.29) is 36.9 Å². The van der Waals surface area contributed by atoms with E-state index in [1.807, 2.05) is 0 Å². The van der Waals surface area contributed by atoms with Crippen LogP contribution in [-0.2, 0) is 28.9 Å². The molecule has 9 heteroatoms. The van der Waals surface area contributed by atoms with Crippen LogP contribution in [0.15, 0.2) is 47.1 Å². The summed E-state index contributed by atoms with van der Waals surface area (Å²) in [6.07, 6.45) is -3.15. The molecule has 1 fully saturated rings. The summed E-state index contributed by atoms with van der Waals surface area (Å²) in [5, 5.41) is 5.32. The summed E-state index contributed by atoms with van der Waals surface area (Å²) in [5.41, 5.74) is -0.660. The zero-order valence-corrected chi connectivity index (χ0v) is 15.0. The first kappa shape index (κ1) is 19.9. The number of hydrogen-bond donors (Lipinski definition) is 2. The number of carbonyl (C=O) groups is 2. The minimum absolute atomic E-state index is 0.0702. The van der Waals surface area contributed by atoms with Gasteiger partial charge in [0.2, 0.25) is 11.8 Å². The van der Waals surface area contributed by atoms with Crippen molar-refractivity contribution in [1.82, 2.24) is 15.5 Å². The second-order valence-electron chi connectivity index (χ2n) is 6.49. The Labute approximate surface area is 159 Å². The summed E-state index contributed by atoms with van der Waals surface area (Å²) < 4.78 is 44.9. The van der Waals surface area contributed by atoms with Crippen molar-refractivity contribution < 1.29 is 27.2 Å². The molecule has 6 nitrogen and oxygen atoms in total. The topological polar surface area (TPSA) is 74.6 Å². The molecule has 2 amide bonds. The van der Waals surface area contributed by atoms with Gasteiger partial charge in [0.15, 0.2) is 0 Å². The summed E-state index contributed by atoms with van der Waals surface area (Å²) in [6, 6.07) is 7.82.